The highest BCUT2D eigenvalue weighted by Crippen LogP contribution is 2.18. The number of hydrogen-bond donors (Lipinski definition) is 3. The fourth-order valence-corrected chi connectivity index (χ4v) is 1.22. The van der Waals surface area contributed by atoms with E-state index < -0.39 is 0 Å². The summed E-state index contributed by atoms with van der Waals surface area (Å²) in [6.07, 6.45) is 1.07. The van der Waals surface area contributed by atoms with E-state index in [1.54, 1.807) is 0 Å². The lowest BCUT2D eigenvalue weighted by molar-refractivity contribution is -0.127. The Morgan fingerprint density at radius 1 is 1.62 bits per heavy atom. The third-order valence-electron chi connectivity index (χ3n) is 1.97. The van der Waals surface area contributed by atoms with Crippen LogP contribution in [0.25, 0.3) is 0 Å². The molecule has 1 aliphatic rings. The van der Waals surface area contributed by atoms with Crippen molar-refractivity contribution in [3.63, 3.8) is 0 Å². The molecule has 13 heavy (non-hydrogen) atoms. The Kier molecular flexibility index (Phi) is 4.14. The average molecular weight is 188 g/mol. The molecule has 0 aliphatic heterocycles. The first-order valence-corrected chi connectivity index (χ1v) is 4.47. The predicted molar refractivity (Wildman–Crippen MR) is 47.0 cm³/mol. The van der Waals surface area contributed by atoms with Crippen LogP contribution < -0.4 is 11.1 Å². The van der Waals surface area contributed by atoms with Crippen molar-refractivity contribution in [2.24, 2.45) is 5.73 Å². The van der Waals surface area contributed by atoms with E-state index in [2.05, 4.69) is 5.32 Å². The van der Waals surface area contributed by atoms with Gasteiger partial charge in [0.2, 0.25) is 5.91 Å². The second kappa shape index (κ2) is 5.16. The number of aliphatic hydroxyl groups is 1. The zero-order chi connectivity index (χ0) is 9.68. The fourth-order valence-electron chi connectivity index (χ4n) is 1.22. The maximum atomic E-state index is 11.1. The summed E-state index contributed by atoms with van der Waals surface area (Å²) in [6, 6.07) is 0.129. The van der Waals surface area contributed by atoms with Crippen LogP contribution in [0.1, 0.15) is 12.8 Å². The van der Waals surface area contributed by atoms with Crippen LogP contribution in [0.15, 0.2) is 0 Å². The molecule has 1 fully saturated rings. The number of carbonyl (C=O) groups is 1. The summed E-state index contributed by atoms with van der Waals surface area (Å²) in [5, 5.41) is 11.7. The Labute approximate surface area is 77.2 Å². The van der Waals surface area contributed by atoms with Crippen LogP contribution >= 0.6 is 0 Å². The van der Waals surface area contributed by atoms with Gasteiger partial charge in [-0.25, -0.2) is 0 Å². The van der Waals surface area contributed by atoms with Crippen molar-refractivity contribution in [1.82, 2.24) is 5.32 Å². The zero-order valence-electron chi connectivity index (χ0n) is 7.53. The number of aliphatic hydroxyl groups excluding tert-OH is 1. The summed E-state index contributed by atoms with van der Waals surface area (Å²) in [7, 11) is 0. The molecule has 0 aromatic carbocycles. The molecular weight excluding hydrogens is 172 g/mol. The molecule has 0 radical (unpaired) electrons. The number of nitrogens with one attached hydrogen (secondary N) is 1. The molecule has 1 aliphatic carbocycles. The highest BCUT2D eigenvalue weighted by atomic mass is 16.5. The van der Waals surface area contributed by atoms with E-state index in [1.165, 1.54) is 0 Å². The first kappa shape index (κ1) is 10.4. The molecule has 5 nitrogen and oxygen atoms in total. The molecule has 1 saturated carbocycles. The third-order valence-corrected chi connectivity index (χ3v) is 1.97. The van der Waals surface area contributed by atoms with Crippen LogP contribution in [-0.2, 0) is 9.53 Å². The summed E-state index contributed by atoms with van der Waals surface area (Å²) < 4.78 is 4.94. The van der Waals surface area contributed by atoms with Crippen molar-refractivity contribution in [3.8, 4) is 0 Å². The molecule has 76 valence electrons. The summed E-state index contributed by atoms with van der Waals surface area (Å²) in [4.78, 5) is 11.1. The lowest BCUT2D eigenvalue weighted by atomic mass is 9.89. The zero-order valence-corrected chi connectivity index (χ0v) is 7.53. The molecule has 0 aromatic heterocycles. The third kappa shape index (κ3) is 3.71. The normalized spacial score (nSPS) is 26.6. The molecule has 0 aromatic rings. The van der Waals surface area contributed by atoms with Crippen LogP contribution in [0.3, 0.4) is 0 Å². The van der Waals surface area contributed by atoms with E-state index in [4.69, 9.17) is 15.6 Å². The minimum absolute atomic E-state index is 0.0593. The molecule has 1 rings (SSSR count). The maximum absolute atomic E-state index is 11.1. The highest BCUT2D eigenvalue weighted by Gasteiger charge is 2.28. The smallest absolute Gasteiger partial charge is 0.246 e. The largest absolute Gasteiger partial charge is 0.393 e. The van der Waals surface area contributed by atoms with Crippen molar-refractivity contribution in [2.75, 3.05) is 19.8 Å². The molecule has 0 saturated heterocycles. The van der Waals surface area contributed by atoms with Crippen LogP contribution in [0.5, 0.6) is 0 Å². The number of carbonyl (C=O) groups excluding carboxylic acids is 1. The maximum Gasteiger partial charge on any atom is 0.246 e. The summed E-state index contributed by atoms with van der Waals surface area (Å²) in [6.45, 7) is 0.889. The Morgan fingerprint density at radius 3 is 2.85 bits per heavy atom. The Bertz CT molecular complexity index is 169. The molecule has 5 heteroatoms. The average Bonchev–Trinajstić information content (AvgIpc) is 2.02. The van der Waals surface area contributed by atoms with Gasteiger partial charge in [-0.05, 0) is 12.8 Å². The molecule has 0 unspecified atom stereocenters. The predicted octanol–water partition coefficient (Wildman–Crippen LogP) is -1.40. The Balaban J connectivity index is 1.98. The Hall–Kier alpha value is -0.650. The first-order valence-electron chi connectivity index (χ1n) is 4.47. The molecule has 0 heterocycles. The topological polar surface area (TPSA) is 84.6 Å². The monoisotopic (exact) mass is 188 g/mol. The van der Waals surface area contributed by atoms with Gasteiger partial charge in [0.1, 0.15) is 6.61 Å². The van der Waals surface area contributed by atoms with Crippen LogP contribution in [0.2, 0.25) is 0 Å². The number of hydrogen-bond acceptors (Lipinski definition) is 4. The molecule has 4 N–H and O–H groups in total. The van der Waals surface area contributed by atoms with E-state index in [0.29, 0.717) is 26.0 Å². The van der Waals surface area contributed by atoms with Crippen LogP contribution in [-0.4, -0.2) is 42.9 Å². The van der Waals surface area contributed by atoms with E-state index >= 15 is 0 Å². The van der Waals surface area contributed by atoms with E-state index in [-0.39, 0.29) is 24.7 Å². The second-order valence-electron chi connectivity index (χ2n) is 3.23. The number of ether oxygens (including phenoxy) is 1. The number of rotatable bonds is 5. The standard InChI is InChI=1S/C8H16N2O3/c9-1-2-13-5-8(12)10-6-3-7(11)4-6/h6-7,11H,1-5,9H2,(H,10,12). The van der Waals surface area contributed by atoms with E-state index in [0.717, 1.165) is 0 Å². The van der Waals surface area contributed by atoms with Gasteiger partial charge in [0.05, 0.1) is 12.7 Å². The van der Waals surface area contributed by atoms with Crippen LogP contribution in [0, 0.1) is 0 Å². The lowest BCUT2D eigenvalue weighted by Crippen LogP contribution is -2.47. The van der Waals surface area contributed by atoms with Gasteiger partial charge in [-0.1, -0.05) is 0 Å². The molecule has 1 amide bonds. The van der Waals surface area contributed by atoms with Gasteiger partial charge in [-0.15, -0.1) is 0 Å². The van der Waals surface area contributed by atoms with Gasteiger partial charge in [0.25, 0.3) is 0 Å². The van der Waals surface area contributed by atoms with Crippen molar-refractivity contribution in [2.45, 2.75) is 25.0 Å². The summed E-state index contributed by atoms with van der Waals surface area (Å²) >= 11 is 0. The summed E-state index contributed by atoms with van der Waals surface area (Å²) in [5.41, 5.74) is 5.18. The highest BCUT2D eigenvalue weighted by molar-refractivity contribution is 5.77. The van der Waals surface area contributed by atoms with Crippen molar-refractivity contribution >= 4 is 5.91 Å². The molecule has 0 spiro atoms. The van der Waals surface area contributed by atoms with Crippen molar-refractivity contribution < 1.29 is 14.6 Å². The minimum atomic E-state index is -0.240. The van der Waals surface area contributed by atoms with Gasteiger partial charge < -0.3 is 20.9 Å². The first-order chi connectivity index (χ1) is 6.22. The summed E-state index contributed by atoms with van der Waals surface area (Å²) in [5.74, 6) is -0.134. The Morgan fingerprint density at radius 2 is 2.31 bits per heavy atom. The molecular formula is C8H16N2O3. The molecule has 0 atom stereocenters. The van der Waals surface area contributed by atoms with E-state index in [9.17, 15) is 4.79 Å². The second-order valence-corrected chi connectivity index (χ2v) is 3.23. The van der Waals surface area contributed by atoms with E-state index in [1.807, 2.05) is 0 Å². The van der Waals surface area contributed by atoms with Gasteiger partial charge in [0, 0.05) is 12.6 Å². The van der Waals surface area contributed by atoms with Crippen molar-refractivity contribution in [1.29, 1.82) is 0 Å². The fraction of sp³-hybridized carbons (Fsp3) is 0.875. The van der Waals surface area contributed by atoms with Gasteiger partial charge in [-0.3, -0.25) is 4.79 Å². The minimum Gasteiger partial charge on any atom is -0.393 e. The SMILES string of the molecule is NCCOCC(=O)NC1CC(O)C1. The van der Waals surface area contributed by atoms with Crippen LogP contribution in [0.4, 0.5) is 0 Å². The number of amides is 1. The quantitative estimate of drug-likeness (QED) is 0.463. The molecule has 0 bridgehead atoms. The van der Waals surface area contributed by atoms with Gasteiger partial charge >= 0.3 is 0 Å². The number of nitrogens with two attached hydrogens (primary N) is 1. The van der Waals surface area contributed by atoms with Gasteiger partial charge in [-0.2, -0.15) is 0 Å². The van der Waals surface area contributed by atoms with Crippen molar-refractivity contribution in [3.05, 3.63) is 0 Å². The lowest BCUT2D eigenvalue weighted by Gasteiger charge is -2.31. The van der Waals surface area contributed by atoms with Gasteiger partial charge in [0.15, 0.2) is 0 Å².